The Balaban J connectivity index is 2.01. The highest BCUT2D eigenvalue weighted by Crippen LogP contribution is 2.20. The molecule has 0 aliphatic carbocycles. The molecule has 0 amide bonds. The van der Waals surface area contributed by atoms with Crippen LogP contribution in [0.25, 0.3) is 6.08 Å². The van der Waals surface area contributed by atoms with Crippen LogP contribution in [0.5, 0.6) is 0 Å². The Bertz CT molecular complexity index is 431. The highest BCUT2D eigenvalue weighted by Gasteiger charge is 2.16. The average Bonchev–Trinajstić information content (AvgIpc) is 2.38. The largest absolute Gasteiger partial charge is 0.478 e. The summed E-state index contributed by atoms with van der Waals surface area (Å²) in [4.78, 5) is 12.6. The van der Waals surface area contributed by atoms with Gasteiger partial charge in [0.1, 0.15) is 0 Å². The van der Waals surface area contributed by atoms with E-state index in [2.05, 4.69) is 4.90 Å². The molecule has 1 saturated heterocycles. The van der Waals surface area contributed by atoms with Gasteiger partial charge in [-0.2, -0.15) is 0 Å². The summed E-state index contributed by atoms with van der Waals surface area (Å²) in [5.41, 5.74) is 1.99. The van der Waals surface area contributed by atoms with Crippen molar-refractivity contribution in [3.05, 3.63) is 35.9 Å². The second-order valence-corrected chi connectivity index (χ2v) is 4.48. The molecule has 1 aromatic rings. The number of aliphatic carboxylic acids is 1. The van der Waals surface area contributed by atoms with Gasteiger partial charge in [-0.25, -0.2) is 4.79 Å². The summed E-state index contributed by atoms with van der Waals surface area (Å²) in [6, 6.07) is 7.78. The third-order valence-electron chi connectivity index (χ3n) is 3.14. The smallest absolute Gasteiger partial charge is 0.328 e. The van der Waals surface area contributed by atoms with E-state index in [0.29, 0.717) is 0 Å². The Morgan fingerprint density at radius 1 is 1.22 bits per heavy atom. The molecule has 0 radical (unpaired) electrons. The van der Waals surface area contributed by atoms with E-state index >= 15 is 0 Å². The van der Waals surface area contributed by atoms with Crippen molar-refractivity contribution in [3.63, 3.8) is 0 Å². The maximum Gasteiger partial charge on any atom is 0.328 e. The zero-order valence-electron chi connectivity index (χ0n) is 10.1. The lowest BCUT2D eigenvalue weighted by Crippen LogP contribution is -2.35. The molecule has 1 fully saturated rings. The number of aliphatic hydroxyl groups excluding tert-OH is 1. The van der Waals surface area contributed by atoms with E-state index in [1.807, 2.05) is 24.3 Å². The molecule has 0 unspecified atom stereocenters. The lowest BCUT2D eigenvalue weighted by atomic mass is 10.1. The summed E-state index contributed by atoms with van der Waals surface area (Å²) in [7, 11) is 0. The van der Waals surface area contributed by atoms with Crippen LogP contribution in [0.2, 0.25) is 0 Å². The number of hydrogen-bond donors (Lipinski definition) is 2. The highest BCUT2D eigenvalue weighted by molar-refractivity contribution is 5.85. The monoisotopic (exact) mass is 247 g/mol. The van der Waals surface area contributed by atoms with E-state index in [-0.39, 0.29) is 6.10 Å². The van der Waals surface area contributed by atoms with Gasteiger partial charge in [-0.1, -0.05) is 12.1 Å². The fraction of sp³-hybridized carbons (Fsp3) is 0.357. The van der Waals surface area contributed by atoms with Crippen LogP contribution in [0.4, 0.5) is 5.69 Å². The van der Waals surface area contributed by atoms with Crippen molar-refractivity contribution in [3.8, 4) is 0 Å². The van der Waals surface area contributed by atoms with E-state index in [1.54, 1.807) is 6.08 Å². The maximum atomic E-state index is 10.4. The molecule has 2 N–H and O–H groups in total. The van der Waals surface area contributed by atoms with Crippen LogP contribution in [0, 0.1) is 0 Å². The van der Waals surface area contributed by atoms with E-state index in [9.17, 15) is 9.90 Å². The van der Waals surface area contributed by atoms with Crippen molar-refractivity contribution in [2.24, 2.45) is 0 Å². The number of benzene rings is 1. The van der Waals surface area contributed by atoms with Crippen molar-refractivity contribution < 1.29 is 15.0 Å². The van der Waals surface area contributed by atoms with Gasteiger partial charge in [0.25, 0.3) is 0 Å². The standard InChI is InChI=1S/C14H17NO3/c16-13-7-9-15(10-8-13)12-4-1-11(2-5-12)3-6-14(17)18/h1-6,13,16H,7-10H2,(H,17,18). The summed E-state index contributed by atoms with van der Waals surface area (Å²) < 4.78 is 0. The van der Waals surface area contributed by atoms with Crippen LogP contribution in [-0.4, -0.2) is 35.4 Å². The number of rotatable bonds is 3. The zero-order valence-corrected chi connectivity index (χ0v) is 10.1. The average molecular weight is 247 g/mol. The Labute approximate surface area is 106 Å². The predicted octanol–water partition coefficient (Wildman–Crippen LogP) is 1.75. The normalized spacial score (nSPS) is 17.3. The number of nitrogens with zero attached hydrogens (tertiary/aromatic N) is 1. The molecule has 1 aromatic carbocycles. The number of aliphatic hydroxyl groups is 1. The van der Waals surface area contributed by atoms with Crippen LogP contribution in [0.15, 0.2) is 30.3 Å². The summed E-state index contributed by atoms with van der Waals surface area (Å²) in [6.45, 7) is 1.73. The first-order chi connectivity index (χ1) is 8.65. The zero-order chi connectivity index (χ0) is 13.0. The molecular formula is C14H17NO3. The van der Waals surface area contributed by atoms with Crippen molar-refractivity contribution >= 4 is 17.7 Å². The maximum absolute atomic E-state index is 10.4. The van der Waals surface area contributed by atoms with Crippen molar-refractivity contribution in [2.75, 3.05) is 18.0 Å². The SMILES string of the molecule is O=C(O)C=Cc1ccc(N2CCC(O)CC2)cc1. The fourth-order valence-electron chi connectivity index (χ4n) is 2.09. The van der Waals surface area contributed by atoms with Crippen LogP contribution in [0.3, 0.4) is 0 Å². The first-order valence-corrected chi connectivity index (χ1v) is 6.09. The minimum Gasteiger partial charge on any atom is -0.478 e. The highest BCUT2D eigenvalue weighted by atomic mass is 16.4. The van der Waals surface area contributed by atoms with Crippen molar-refractivity contribution in [1.29, 1.82) is 0 Å². The third kappa shape index (κ3) is 3.34. The second-order valence-electron chi connectivity index (χ2n) is 4.48. The van der Waals surface area contributed by atoms with Crippen LogP contribution < -0.4 is 4.90 Å². The predicted molar refractivity (Wildman–Crippen MR) is 70.6 cm³/mol. The van der Waals surface area contributed by atoms with Gasteiger partial charge in [-0.15, -0.1) is 0 Å². The first-order valence-electron chi connectivity index (χ1n) is 6.09. The van der Waals surface area contributed by atoms with Crippen molar-refractivity contribution in [2.45, 2.75) is 18.9 Å². The van der Waals surface area contributed by atoms with Crippen LogP contribution in [0.1, 0.15) is 18.4 Å². The molecule has 0 spiro atoms. The van der Waals surface area contributed by atoms with Gasteiger partial charge in [0.15, 0.2) is 0 Å². The van der Waals surface area contributed by atoms with Gasteiger partial charge in [-0.3, -0.25) is 0 Å². The Morgan fingerprint density at radius 3 is 2.39 bits per heavy atom. The van der Waals surface area contributed by atoms with E-state index in [0.717, 1.165) is 43.3 Å². The van der Waals surface area contributed by atoms with Gasteiger partial charge in [0.2, 0.25) is 0 Å². The minimum absolute atomic E-state index is 0.168. The van der Waals surface area contributed by atoms with Gasteiger partial charge in [-0.05, 0) is 36.6 Å². The molecule has 1 aliphatic rings. The van der Waals surface area contributed by atoms with Crippen molar-refractivity contribution in [1.82, 2.24) is 0 Å². The Kier molecular flexibility index (Phi) is 3.99. The molecule has 18 heavy (non-hydrogen) atoms. The molecule has 0 saturated carbocycles. The molecular weight excluding hydrogens is 230 g/mol. The number of carboxylic acids is 1. The van der Waals surface area contributed by atoms with Gasteiger partial charge in [0.05, 0.1) is 6.10 Å². The lowest BCUT2D eigenvalue weighted by molar-refractivity contribution is -0.131. The van der Waals surface area contributed by atoms with Gasteiger partial charge in [0, 0.05) is 24.9 Å². The van der Waals surface area contributed by atoms with Gasteiger partial charge >= 0.3 is 5.97 Å². The summed E-state index contributed by atoms with van der Waals surface area (Å²) in [6.07, 6.45) is 4.15. The Hall–Kier alpha value is -1.81. The van der Waals surface area contributed by atoms with Crippen LogP contribution >= 0.6 is 0 Å². The van der Waals surface area contributed by atoms with Gasteiger partial charge < -0.3 is 15.1 Å². The number of carbonyl (C=O) groups is 1. The third-order valence-corrected chi connectivity index (χ3v) is 3.14. The molecule has 4 nitrogen and oxygen atoms in total. The molecule has 0 aromatic heterocycles. The van der Waals surface area contributed by atoms with E-state index in [4.69, 9.17) is 5.11 Å². The summed E-state index contributed by atoms with van der Waals surface area (Å²) >= 11 is 0. The van der Waals surface area contributed by atoms with E-state index < -0.39 is 5.97 Å². The summed E-state index contributed by atoms with van der Waals surface area (Å²) in [5, 5.41) is 18.0. The lowest BCUT2D eigenvalue weighted by Gasteiger charge is -2.31. The number of carboxylic acid groups (broad SMARTS) is 1. The molecule has 2 rings (SSSR count). The molecule has 96 valence electrons. The van der Waals surface area contributed by atoms with E-state index in [1.165, 1.54) is 0 Å². The summed E-state index contributed by atoms with van der Waals surface area (Å²) in [5.74, 6) is -0.941. The molecule has 1 heterocycles. The molecule has 0 bridgehead atoms. The minimum atomic E-state index is -0.941. The quantitative estimate of drug-likeness (QED) is 0.799. The number of hydrogen-bond acceptors (Lipinski definition) is 3. The second kappa shape index (κ2) is 5.69. The number of anilines is 1. The van der Waals surface area contributed by atoms with Crippen LogP contribution in [-0.2, 0) is 4.79 Å². The number of piperidine rings is 1. The molecule has 4 heteroatoms. The topological polar surface area (TPSA) is 60.8 Å². The molecule has 1 aliphatic heterocycles. The fourth-order valence-corrected chi connectivity index (χ4v) is 2.09. The first kappa shape index (κ1) is 12.6. The Morgan fingerprint density at radius 2 is 1.83 bits per heavy atom. The molecule has 0 atom stereocenters.